The standard InChI is InChI=1S/C14H19Cl2NO2/c15-12-2-1-3-13(16)14(12)19-9-11(18)8-17-7-6-10-4-5-10/h1-3,10-11,17-18H,4-9H2. The van der Waals surface area contributed by atoms with Crippen LogP contribution in [0.1, 0.15) is 19.3 Å². The van der Waals surface area contributed by atoms with Crippen LogP contribution in [0.4, 0.5) is 0 Å². The van der Waals surface area contributed by atoms with E-state index in [1.165, 1.54) is 19.3 Å². The molecule has 106 valence electrons. The molecule has 1 aliphatic carbocycles. The SMILES string of the molecule is OC(CNCCC1CC1)COc1c(Cl)cccc1Cl. The molecule has 1 atom stereocenters. The van der Waals surface area contributed by atoms with Crippen molar-refractivity contribution in [3.05, 3.63) is 28.2 Å². The Hall–Kier alpha value is -0.480. The highest BCUT2D eigenvalue weighted by atomic mass is 35.5. The van der Waals surface area contributed by atoms with E-state index in [1.807, 2.05) is 0 Å². The van der Waals surface area contributed by atoms with Crippen molar-refractivity contribution in [2.24, 2.45) is 5.92 Å². The molecule has 1 aromatic rings. The van der Waals surface area contributed by atoms with Gasteiger partial charge < -0.3 is 15.2 Å². The molecule has 0 bridgehead atoms. The lowest BCUT2D eigenvalue weighted by Crippen LogP contribution is -2.32. The lowest BCUT2D eigenvalue weighted by atomic mass is 10.3. The fraction of sp³-hybridized carbons (Fsp3) is 0.571. The Morgan fingerprint density at radius 1 is 1.32 bits per heavy atom. The van der Waals surface area contributed by atoms with E-state index < -0.39 is 6.10 Å². The third kappa shape index (κ3) is 5.19. The maximum Gasteiger partial charge on any atom is 0.156 e. The second kappa shape index (κ2) is 7.34. The summed E-state index contributed by atoms with van der Waals surface area (Å²) in [6.07, 6.45) is 3.35. The first-order valence-electron chi connectivity index (χ1n) is 6.62. The minimum absolute atomic E-state index is 0.180. The van der Waals surface area contributed by atoms with E-state index in [0.29, 0.717) is 22.3 Å². The van der Waals surface area contributed by atoms with Crippen LogP contribution >= 0.6 is 23.2 Å². The van der Waals surface area contributed by atoms with Crippen LogP contribution in [0.15, 0.2) is 18.2 Å². The molecule has 0 amide bonds. The molecule has 2 N–H and O–H groups in total. The van der Waals surface area contributed by atoms with Crippen molar-refractivity contribution >= 4 is 23.2 Å². The van der Waals surface area contributed by atoms with E-state index >= 15 is 0 Å². The van der Waals surface area contributed by atoms with Gasteiger partial charge in [-0.3, -0.25) is 0 Å². The molecule has 5 heteroatoms. The number of ether oxygens (including phenoxy) is 1. The van der Waals surface area contributed by atoms with Crippen LogP contribution in [0.2, 0.25) is 10.0 Å². The summed E-state index contributed by atoms with van der Waals surface area (Å²) in [7, 11) is 0. The first-order valence-corrected chi connectivity index (χ1v) is 7.38. The van der Waals surface area contributed by atoms with E-state index in [9.17, 15) is 5.11 Å². The van der Waals surface area contributed by atoms with E-state index in [0.717, 1.165) is 12.5 Å². The summed E-state index contributed by atoms with van der Waals surface area (Å²) in [6, 6.07) is 5.18. The van der Waals surface area contributed by atoms with Crippen LogP contribution in [-0.2, 0) is 0 Å². The molecule has 0 spiro atoms. The van der Waals surface area contributed by atoms with Crippen LogP contribution in [-0.4, -0.2) is 30.9 Å². The van der Waals surface area contributed by atoms with Gasteiger partial charge in [0.05, 0.1) is 10.0 Å². The Bertz CT molecular complexity index is 390. The normalized spacial score (nSPS) is 16.4. The van der Waals surface area contributed by atoms with Gasteiger partial charge in [0.2, 0.25) is 0 Å². The fourth-order valence-electron chi connectivity index (χ4n) is 1.84. The molecule has 0 radical (unpaired) electrons. The summed E-state index contributed by atoms with van der Waals surface area (Å²) in [6.45, 7) is 1.66. The maximum atomic E-state index is 9.80. The highest BCUT2D eigenvalue weighted by Crippen LogP contribution is 2.32. The fourth-order valence-corrected chi connectivity index (χ4v) is 2.35. The molecule has 0 heterocycles. The Labute approximate surface area is 123 Å². The highest BCUT2D eigenvalue weighted by molar-refractivity contribution is 6.37. The van der Waals surface area contributed by atoms with Crippen LogP contribution in [0.3, 0.4) is 0 Å². The van der Waals surface area contributed by atoms with Crippen molar-refractivity contribution in [1.29, 1.82) is 0 Å². The van der Waals surface area contributed by atoms with Crippen LogP contribution in [0.25, 0.3) is 0 Å². The molecular weight excluding hydrogens is 285 g/mol. The van der Waals surface area contributed by atoms with Gasteiger partial charge in [-0.25, -0.2) is 0 Å². The van der Waals surface area contributed by atoms with Crippen molar-refractivity contribution in [2.45, 2.75) is 25.4 Å². The summed E-state index contributed by atoms with van der Waals surface area (Å²) in [5.41, 5.74) is 0. The Kier molecular flexibility index (Phi) is 5.76. The molecule has 1 saturated carbocycles. The zero-order valence-corrected chi connectivity index (χ0v) is 12.3. The number of halogens is 2. The predicted octanol–water partition coefficient (Wildman–Crippen LogP) is 3.12. The first-order chi connectivity index (χ1) is 9.16. The second-order valence-corrected chi connectivity index (χ2v) is 5.77. The van der Waals surface area contributed by atoms with Crippen molar-refractivity contribution in [2.75, 3.05) is 19.7 Å². The first kappa shape index (κ1) is 14.9. The van der Waals surface area contributed by atoms with Gasteiger partial charge in [0, 0.05) is 6.54 Å². The number of hydrogen-bond donors (Lipinski definition) is 2. The quantitative estimate of drug-likeness (QED) is 0.725. The van der Waals surface area contributed by atoms with Gasteiger partial charge in [0.1, 0.15) is 12.7 Å². The largest absolute Gasteiger partial charge is 0.488 e. The van der Waals surface area contributed by atoms with Crippen LogP contribution in [0, 0.1) is 5.92 Å². The average Bonchev–Trinajstić information content (AvgIpc) is 3.18. The van der Waals surface area contributed by atoms with Crippen molar-refractivity contribution in [3.8, 4) is 5.75 Å². The molecule has 0 aromatic heterocycles. The van der Waals surface area contributed by atoms with Crippen molar-refractivity contribution in [1.82, 2.24) is 5.32 Å². The predicted molar refractivity (Wildman–Crippen MR) is 78.2 cm³/mol. The topological polar surface area (TPSA) is 41.5 Å². The van der Waals surface area contributed by atoms with Gasteiger partial charge in [0.25, 0.3) is 0 Å². The molecule has 2 rings (SSSR count). The minimum atomic E-state index is -0.563. The number of nitrogens with one attached hydrogen (secondary N) is 1. The summed E-state index contributed by atoms with van der Waals surface area (Å²) in [4.78, 5) is 0. The van der Waals surface area contributed by atoms with E-state index in [-0.39, 0.29) is 6.61 Å². The number of rotatable bonds is 8. The van der Waals surface area contributed by atoms with Crippen molar-refractivity contribution < 1.29 is 9.84 Å². The van der Waals surface area contributed by atoms with Gasteiger partial charge >= 0.3 is 0 Å². The van der Waals surface area contributed by atoms with E-state index in [1.54, 1.807) is 18.2 Å². The zero-order chi connectivity index (χ0) is 13.7. The van der Waals surface area contributed by atoms with E-state index in [2.05, 4.69) is 5.32 Å². The lowest BCUT2D eigenvalue weighted by Gasteiger charge is -2.14. The molecule has 0 aliphatic heterocycles. The molecule has 1 fully saturated rings. The molecule has 0 saturated heterocycles. The molecule has 1 aromatic carbocycles. The zero-order valence-electron chi connectivity index (χ0n) is 10.7. The van der Waals surface area contributed by atoms with Gasteiger partial charge in [-0.2, -0.15) is 0 Å². The van der Waals surface area contributed by atoms with Crippen LogP contribution in [0.5, 0.6) is 5.75 Å². The minimum Gasteiger partial charge on any atom is -0.488 e. The van der Waals surface area contributed by atoms with Gasteiger partial charge in [-0.1, -0.05) is 42.1 Å². The van der Waals surface area contributed by atoms with Gasteiger partial charge in [-0.05, 0) is 31.0 Å². The summed E-state index contributed by atoms with van der Waals surface area (Å²) in [5, 5.41) is 13.9. The van der Waals surface area contributed by atoms with Crippen molar-refractivity contribution in [3.63, 3.8) is 0 Å². The summed E-state index contributed by atoms with van der Waals surface area (Å²) < 4.78 is 5.47. The maximum absolute atomic E-state index is 9.80. The number of para-hydroxylation sites is 1. The van der Waals surface area contributed by atoms with Crippen LogP contribution < -0.4 is 10.1 Å². The molecule has 19 heavy (non-hydrogen) atoms. The highest BCUT2D eigenvalue weighted by Gasteiger charge is 2.20. The summed E-state index contributed by atoms with van der Waals surface area (Å²) in [5.74, 6) is 1.34. The Morgan fingerprint density at radius 3 is 2.63 bits per heavy atom. The number of hydrogen-bond acceptors (Lipinski definition) is 3. The third-order valence-corrected chi connectivity index (χ3v) is 3.74. The smallest absolute Gasteiger partial charge is 0.156 e. The van der Waals surface area contributed by atoms with E-state index in [4.69, 9.17) is 27.9 Å². The second-order valence-electron chi connectivity index (χ2n) is 4.95. The lowest BCUT2D eigenvalue weighted by molar-refractivity contribution is 0.106. The Balaban J connectivity index is 1.65. The Morgan fingerprint density at radius 2 is 2.00 bits per heavy atom. The monoisotopic (exact) mass is 303 g/mol. The van der Waals surface area contributed by atoms with Gasteiger partial charge in [-0.15, -0.1) is 0 Å². The number of aliphatic hydroxyl groups is 1. The molecule has 3 nitrogen and oxygen atoms in total. The third-order valence-electron chi connectivity index (χ3n) is 3.15. The number of aliphatic hydroxyl groups excluding tert-OH is 1. The average molecular weight is 304 g/mol. The molecular formula is C14H19Cl2NO2. The molecule has 1 unspecified atom stereocenters. The molecule has 1 aliphatic rings. The summed E-state index contributed by atoms with van der Waals surface area (Å²) >= 11 is 11.9. The van der Waals surface area contributed by atoms with Gasteiger partial charge in [0.15, 0.2) is 5.75 Å². The number of benzene rings is 1.